The van der Waals surface area contributed by atoms with E-state index in [0.717, 1.165) is 12.1 Å². The van der Waals surface area contributed by atoms with Gasteiger partial charge in [0.2, 0.25) is 11.8 Å². The quantitative estimate of drug-likeness (QED) is 0.411. The second-order valence-corrected chi connectivity index (χ2v) is 12.4. The highest BCUT2D eigenvalue weighted by atomic mass is 32.2. The van der Waals surface area contributed by atoms with E-state index in [4.69, 9.17) is 4.74 Å². The van der Waals surface area contributed by atoms with Gasteiger partial charge in [-0.25, -0.2) is 0 Å². The van der Waals surface area contributed by atoms with Crippen molar-refractivity contribution >= 4 is 40.9 Å². The Hall–Kier alpha value is -3.56. The van der Waals surface area contributed by atoms with Gasteiger partial charge < -0.3 is 24.5 Å². The first kappa shape index (κ1) is 29.0. The Balaban J connectivity index is 1.56. The van der Waals surface area contributed by atoms with E-state index in [0.29, 0.717) is 18.0 Å². The van der Waals surface area contributed by atoms with Gasteiger partial charge in [0.15, 0.2) is 0 Å². The lowest BCUT2D eigenvalue weighted by molar-refractivity contribution is -0.139. The van der Waals surface area contributed by atoms with Crippen molar-refractivity contribution in [1.82, 2.24) is 4.90 Å². The molecule has 0 saturated carbocycles. The van der Waals surface area contributed by atoms with E-state index in [2.05, 4.69) is 20.1 Å². The predicted octanol–water partition coefficient (Wildman–Crippen LogP) is 3.76. The molecule has 41 heavy (non-hydrogen) atoms. The maximum absolute atomic E-state index is 14.6. The molecule has 3 amide bonds. The van der Waals surface area contributed by atoms with Crippen LogP contribution in [0.3, 0.4) is 0 Å². The normalized spacial score (nSPS) is 27.8. The molecule has 216 valence electrons. The highest BCUT2D eigenvalue weighted by Crippen LogP contribution is 2.69. The Bertz CT molecular complexity index is 1320. The first-order valence-electron chi connectivity index (χ1n) is 14.0. The standard InChI is InChI=1S/C32H37N3O5S/c1-5-16-33(22-10-8-7-9-11-22)29(37)26-25-20-21(3)32(41-25)27(26)30(38)35(18-19-36)28(32)31(39)34(17-6-2)23-12-14-24(40-4)15-13-23/h5-15,21,25-28,36H,1-2,16-20H2,3-4H3/t21?,25-,26+,27-,28?,32?/m0/s1. The molecule has 9 heteroatoms. The predicted molar refractivity (Wildman–Crippen MR) is 162 cm³/mol. The summed E-state index contributed by atoms with van der Waals surface area (Å²) in [5.41, 5.74) is 1.40. The number of rotatable bonds is 11. The fourth-order valence-corrected chi connectivity index (χ4v) is 9.44. The van der Waals surface area contributed by atoms with Crippen molar-refractivity contribution in [2.45, 2.75) is 29.4 Å². The number of anilines is 2. The van der Waals surface area contributed by atoms with Crippen LogP contribution in [0, 0.1) is 17.8 Å². The number of para-hydroxylation sites is 1. The van der Waals surface area contributed by atoms with Crippen LogP contribution in [0.1, 0.15) is 13.3 Å². The van der Waals surface area contributed by atoms with Gasteiger partial charge in [0.05, 0.1) is 30.3 Å². The number of β-amino-alcohol motifs (C(OH)–C–C–N with tert-alkyl or cyclic N) is 1. The molecule has 1 spiro atoms. The van der Waals surface area contributed by atoms with Crippen molar-refractivity contribution in [2.75, 3.05) is 43.2 Å². The number of methoxy groups -OCH3 is 1. The molecule has 0 radical (unpaired) electrons. The zero-order chi connectivity index (χ0) is 29.3. The van der Waals surface area contributed by atoms with E-state index in [9.17, 15) is 19.5 Å². The average molecular weight is 576 g/mol. The highest BCUT2D eigenvalue weighted by molar-refractivity contribution is 8.02. The molecular weight excluding hydrogens is 538 g/mol. The molecule has 3 heterocycles. The van der Waals surface area contributed by atoms with Gasteiger partial charge in [-0.05, 0) is 48.7 Å². The molecule has 8 nitrogen and oxygen atoms in total. The summed E-state index contributed by atoms with van der Waals surface area (Å²) in [7, 11) is 1.58. The van der Waals surface area contributed by atoms with Crippen LogP contribution < -0.4 is 14.5 Å². The van der Waals surface area contributed by atoms with E-state index in [-0.39, 0.29) is 48.6 Å². The van der Waals surface area contributed by atoms with Crippen LogP contribution in [0.4, 0.5) is 11.4 Å². The molecule has 3 saturated heterocycles. The van der Waals surface area contributed by atoms with Gasteiger partial charge in [-0.3, -0.25) is 14.4 Å². The number of amides is 3. The number of likely N-dealkylation sites (tertiary alicyclic amines) is 1. The largest absolute Gasteiger partial charge is 0.497 e. The summed E-state index contributed by atoms with van der Waals surface area (Å²) in [6.07, 6.45) is 4.07. The molecule has 2 aromatic rings. The van der Waals surface area contributed by atoms with E-state index >= 15 is 0 Å². The van der Waals surface area contributed by atoms with Crippen LogP contribution in [0.25, 0.3) is 0 Å². The molecule has 3 aliphatic rings. The number of carbonyl (C=O) groups is 3. The zero-order valence-electron chi connectivity index (χ0n) is 23.5. The van der Waals surface area contributed by atoms with E-state index in [1.54, 1.807) is 53.0 Å². The molecule has 2 aromatic carbocycles. The summed E-state index contributed by atoms with van der Waals surface area (Å²) < 4.78 is 4.50. The summed E-state index contributed by atoms with van der Waals surface area (Å²) in [5, 5.41) is 9.90. The van der Waals surface area contributed by atoms with Crippen molar-refractivity contribution in [3.05, 3.63) is 79.9 Å². The zero-order valence-corrected chi connectivity index (χ0v) is 24.3. The van der Waals surface area contributed by atoms with Crippen LogP contribution in [-0.2, 0) is 14.4 Å². The number of aliphatic hydroxyl groups is 1. The molecular formula is C32H37N3O5S. The first-order chi connectivity index (χ1) is 19.8. The Morgan fingerprint density at radius 2 is 1.66 bits per heavy atom. The summed E-state index contributed by atoms with van der Waals surface area (Å²) in [5.74, 6) is -1.19. The Morgan fingerprint density at radius 3 is 2.24 bits per heavy atom. The van der Waals surface area contributed by atoms with Crippen molar-refractivity contribution < 1.29 is 24.2 Å². The number of fused-ring (bicyclic) bond motifs is 1. The molecule has 3 fully saturated rings. The maximum Gasteiger partial charge on any atom is 0.251 e. The van der Waals surface area contributed by atoms with Crippen LogP contribution in [-0.4, -0.2) is 77.1 Å². The van der Waals surface area contributed by atoms with Gasteiger partial charge in [0.1, 0.15) is 11.8 Å². The number of aliphatic hydroxyl groups excluding tert-OH is 1. The minimum atomic E-state index is -0.832. The van der Waals surface area contributed by atoms with Crippen molar-refractivity contribution in [2.24, 2.45) is 17.8 Å². The van der Waals surface area contributed by atoms with Gasteiger partial charge in [-0.1, -0.05) is 37.3 Å². The summed E-state index contributed by atoms with van der Waals surface area (Å²) >= 11 is 1.62. The van der Waals surface area contributed by atoms with Gasteiger partial charge in [0.25, 0.3) is 5.91 Å². The SMILES string of the molecule is C=CCN(C(=O)C1N(CCO)C(=O)[C@@H]2[C@H](C(=O)N(CC=C)c3ccccc3)[C@@H]3CC(C)C12S3)c1ccc(OC)cc1. The Kier molecular flexibility index (Phi) is 8.29. The number of carbonyl (C=O) groups excluding carboxylic acids is 3. The van der Waals surface area contributed by atoms with Crippen molar-refractivity contribution in [1.29, 1.82) is 0 Å². The van der Waals surface area contributed by atoms with E-state index < -0.39 is 22.6 Å². The molecule has 3 aliphatic heterocycles. The fourth-order valence-electron chi connectivity index (χ4n) is 7.03. The van der Waals surface area contributed by atoms with Gasteiger partial charge in [0, 0.05) is 36.3 Å². The summed E-state index contributed by atoms with van der Waals surface area (Å²) in [4.78, 5) is 48.0. The first-order valence-corrected chi connectivity index (χ1v) is 14.8. The number of hydrogen-bond acceptors (Lipinski definition) is 6. The minimum Gasteiger partial charge on any atom is -0.497 e. The third-order valence-electron chi connectivity index (χ3n) is 8.71. The third-order valence-corrected chi connectivity index (χ3v) is 10.8. The van der Waals surface area contributed by atoms with Crippen LogP contribution in [0.5, 0.6) is 5.75 Å². The molecule has 0 aliphatic carbocycles. The number of thioether (sulfide) groups is 1. The third kappa shape index (κ3) is 4.65. The van der Waals surface area contributed by atoms with Crippen LogP contribution >= 0.6 is 11.8 Å². The molecule has 6 atom stereocenters. The van der Waals surface area contributed by atoms with E-state index in [1.807, 2.05) is 42.5 Å². The molecule has 1 N–H and O–H groups in total. The minimum absolute atomic E-state index is 0.0131. The van der Waals surface area contributed by atoms with Crippen molar-refractivity contribution in [3.63, 3.8) is 0 Å². The van der Waals surface area contributed by atoms with Gasteiger partial charge in [-0.15, -0.1) is 24.9 Å². The summed E-state index contributed by atoms with van der Waals surface area (Å²) in [6, 6.07) is 15.8. The molecule has 5 rings (SSSR count). The molecule has 2 bridgehead atoms. The fraction of sp³-hybridized carbons (Fsp3) is 0.406. The smallest absolute Gasteiger partial charge is 0.251 e. The van der Waals surface area contributed by atoms with Gasteiger partial charge >= 0.3 is 0 Å². The number of ether oxygens (including phenoxy) is 1. The van der Waals surface area contributed by atoms with E-state index in [1.165, 1.54) is 4.90 Å². The molecule has 3 unspecified atom stereocenters. The lowest BCUT2D eigenvalue weighted by Crippen LogP contribution is -2.58. The Labute approximate surface area is 245 Å². The van der Waals surface area contributed by atoms with Crippen LogP contribution in [0.2, 0.25) is 0 Å². The second kappa shape index (κ2) is 11.7. The average Bonchev–Trinajstić information content (AvgIpc) is 3.58. The van der Waals surface area contributed by atoms with Crippen molar-refractivity contribution in [3.8, 4) is 5.75 Å². The number of benzene rings is 2. The number of hydrogen-bond donors (Lipinski definition) is 1. The Morgan fingerprint density at radius 1 is 1.05 bits per heavy atom. The maximum atomic E-state index is 14.6. The van der Waals surface area contributed by atoms with Crippen LogP contribution in [0.15, 0.2) is 79.9 Å². The monoisotopic (exact) mass is 575 g/mol. The van der Waals surface area contributed by atoms with Gasteiger partial charge in [-0.2, -0.15) is 0 Å². The lowest BCUT2D eigenvalue weighted by atomic mass is 9.65. The number of nitrogens with zero attached hydrogens (tertiary/aromatic N) is 3. The molecule has 0 aromatic heterocycles. The highest BCUT2D eigenvalue weighted by Gasteiger charge is 2.76. The summed E-state index contributed by atoms with van der Waals surface area (Å²) in [6.45, 7) is 10.1. The lowest BCUT2D eigenvalue weighted by Gasteiger charge is -2.41. The second-order valence-electron chi connectivity index (χ2n) is 10.8. The topological polar surface area (TPSA) is 90.4 Å².